The number of benzene rings is 1. The molecule has 100 valence electrons. The van der Waals surface area contributed by atoms with Crippen molar-refractivity contribution in [2.24, 2.45) is 5.92 Å². The molecule has 0 aliphatic rings. The van der Waals surface area contributed by atoms with Gasteiger partial charge in [-0.1, -0.05) is 34.1 Å². The Hall–Kier alpha value is -1.04. The molecule has 0 heterocycles. The molecule has 1 aromatic carbocycles. The van der Waals surface area contributed by atoms with Crippen LogP contribution in [-0.4, -0.2) is 17.3 Å². The van der Waals surface area contributed by atoms with Crippen molar-refractivity contribution in [2.75, 3.05) is 0 Å². The standard InChI is InChI=1S/C12H12BrF3O2/c13-10-4-2-1-3-8(10)7-9(11(17)18)5-6-12(14,15)16/h1-4,9H,5-7H2,(H,17,18). The van der Waals surface area contributed by atoms with Crippen molar-refractivity contribution in [1.82, 2.24) is 0 Å². The predicted octanol–water partition coefficient (Wildman–Crippen LogP) is 4.03. The number of carboxylic acid groups (broad SMARTS) is 1. The topological polar surface area (TPSA) is 37.3 Å². The highest BCUT2D eigenvalue weighted by Crippen LogP contribution is 2.27. The quantitative estimate of drug-likeness (QED) is 0.887. The van der Waals surface area contributed by atoms with Crippen LogP contribution in [0.2, 0.25) is 0 Å². The summed E-state index contributed by atoms with van der Waals surface area (Å²) in [5.41, 5.74) is 0.701. The summed E-state index contributed by atoms with van der Waals surface area (Å²) in [6.45, 7) is 0. The zero-order valence-corrected chi connectivity index (χ0v) is 11.0. The van der Waals surface area contributed by atoms with Crippen molar-refractivity contribution >= 4 is 21.9 Å². The molecule has 1 rings (SSSR count). The third-order valence-corrected chi connectivity index (χ3v) is 3.32. The molecule has 0 radical (unpaired) electrons. The fraction of sp³-hybridized carbons (Fsp3) is 0.417. The Morgan fingerprint density at radius 2 is 1.94 bits per heavy atom. The van der Waals surface area contributed by atoms with Gasteiger partial charge in [-0.05, 0) is 24.5 Å². The van der Waals surface area contributed by atoms with Gasteiger partial charge in [0.2, 0.25) is 0 Å². The molecule has 6 heteroatoms. The number of carboxylic acids is 1. The van der Waals surface area contributed by atoms with Gasteiger partial charge in [-0.25, -0.2) is 0 Å². The first-order valence-corrected chi connectivity index (χ1v) is 6.12. The second-order valence-electron chi connectivity index (χ2n) is 3.98. The fourth-order valence-electron chi connectivity index (χ4n) is 1.58. The van der Waals surface area contributed by atoms with Crippen molar-refractivity contribution in [1.29, 1.82) is 0 Å². The summed E-state index contributed by atoms with van der Waals surface area (Å²) < 4.78 is 37.0. The molecule has 0 saturated carbocycles. The molecule has 0 fully saturated rings. The molecule has 1 atom stereocenters. The molecule has 0 aliphatic carbocycles. The Morgan fingerprint density at radius 3 is 2.44 bits per heavy atom. The highest BCUT2D eigenvalue weighted by molar-refractivity contribution is 9.10. The van der Waals surface area contributed by atoms with Crippen molar-refractivity contribution in [2.45, 2.75) is 25.4 Å². The molecule has 0 spiro atoms. The van der Waals surface area contributed by atoms with E-state index < -0.39 is 30.9 Å². The number of carbonyl (C=O) groups is 1. The SMILES string of the molecule is O=C(O)C(CCC(F)(F)F)Cc1ccccc1Br. The van der Waals surface area contributed by atoms with E-state index in [1.165, 1.54) is 0 Å². The van der Waals surface area contributed by atoms with Gasteiger partial charge in [-0.2, -0.15) is 13.2 Å². The maximum atomic E-state index is 12.1. The van der Waals surface area contributed by atoms with E-state index in [-0.39, 0.29) is 6.42 Å². The Balaban J connectivity index is 2.70. The van der Waals surface area contributed by atoms with Gasteiger partial charge in [0, 0.05) is 10.9 Å². The average Bonchev–Trinajstić information content (AvgIpc) is 2.24. The van der Waals surface area contributed by atoms with Gasteiger partial charge in [-0.15, -0.1) is 0 Å². The summed E-state index contributed by atoms with van der Waals surface area (Å²) in [4.78, 5) is 10.9. The van der Waals surface area contributed by atoms with Crippen LogP contribution in [0, 0.1) is 5.92 Å². The lowest BCUT2D eigenvalue weighted by Gasteiger charge is -2.14. The van der Waals surface area contributed by atoms with Crippen molar-refractivity contribution in [3.05, 3.63) is 34.3 Å². The molecular weight excluding hydrogens is 313 g/mol. The van der Waals surface area contributed by atoms with Crippen LogP contribution < -0.4 is 0 Å². The highest BCUT2D eigenvalue weighted by atomic mass is 79.9. The minimum Gasteiger partial charge on any atom is -0.481 e. The van der Waals surface area contributed by atoms with Gasteiger partial charge in [0.25, 0.3) is 0 Å². The van der Waals surface area contributed by atoms with Crippen LogP contribution in [0.5, 0.6) is 0 Å². The lowest BCUT2D eigenvalue weighted by atomic mass is 9.95. The van der Waals surface area contributed by atoms with Crippen molar-refractivity contribution in [3.63, 3.8) is 0 Å². The maximum Gasteiger partial charge on any atom is 0.389 e. The molecule has 0 saturated heterocycles. The highest BCUT2D eigenvalue weighted by Gasteiger charge is 2.30. The van der Waals surface area contributed by atoms with Crippen LogP contribution in [0.1, 0.15) is 18.4 Å². The van der Waals surface area contributed by atoms with Crippen LogP contribution in [0.15, 0.2) is 28.7 Å². The minimum absolute atomic E-state index is 0.0901. The largest absolute Gasteiger partial charge is 0.481 e. The van der Waals surface area contributed by atoms with Crippen LogP contribution >= 0.6 is 15.9 Å². The van der Waals surface area contributed by atoms with E-state index in [9.17, 15) is 18.0 Å². The number of hydrogen-bond donors (Lipinski definition) is 1. The second kappa shape index (κ2) is 6.22. The summed E-state index contributed by atoms with van der Waals surface area (Å²) in [7, 11) is 0. The summed E-state index contributed by atoms with van der Waals surface area (Å²) >= 11 is 3.25. The molecule has 18 heavy (non-hydrogen) atoms. The van der Waals surface area contributed by atoms with Gasteiger partial charge in [0.1, 0.15) is 0 Å². The molecular formula is C12H12BrF3O2. The molecule has 0 aromatic heterocycles. The third-order valence-electron chi connectivity index (χ3n) is 2.55. The predicted molar refractivity (Wildman–Crippen MR) is 64.3 cm³/mol. The smallest absolute Gasteiger partial charge is 0.389 e. The zero-order chi connectivity index (χ0) is 13.8. The fourth-order valence-corrected chi connectivity index (χ4v) is 2.03. The zero-order valence-electron chi connectivity index (χ0n) is 9.38. The number of alkyl halides is 3. The molecule has 1 unspecified atom stereocenters. The number of aliphatic carboxylic acids is 1. The number of hydrogen-bond acceptors (Lipinski definition) is 1. The van der Waals surface area contributed by atoms with Crippen LogP contribution in [-0.2, 0) is 11.2 Å². The van der Waals surface area contributed by atoms with E-state index in [0.717, 1.165) is 0 Å². The molecule has 0 aliphatic heterocycles. The monoisotopic (exact) mass is 324 g/mol. The van der Waals surface area contributed by atoms with E-state index >= 15 is 0 Å². The van der Waals surface area contributed by atoms with E-state index in [1.807, 2.05) is 0 Å². The minimum atomic E-state index is -4.32. The lowest BCUT2D eigenvalue weighted by Crippen LogP contribution is -2.20. The molecule has 0 bridgehead atoms. The Bertz CT molecular complexity index is 418. The van der Waals surface area contributed by atoms with E-state index in [2.05, 4.69) is 15.9 Å². The Labute approximate surface area is 111 Å². The van der Waals surface area contributed by atoms with Gasteiger partial charge < -0.3 is 5.11 Å². The lowest BCUT2D eigenvalue weighted by molar-refractivity contribution is -0.148. The molecule has 2 nitrogen and oxygen atoms in total. The van der Waals surface area contributed by atoms with Gasteiger partial charge in [0.15, 0.2) is 0 Å². The Morgan fingerprint density at radius 1 is 1.33 bits per heavy atom. The van der Waals surface area contributed by atoms with Gasteiger partial charge in [0.05, 0.1) is 5.92 Å². The summed E-state index contributed by atoms with van der Waals surface area (Å²) in [5, 5.41) is 8.94. The summed E-state index contributed by atoms with van der Waals surface area (Å²) in [6.07, 6.45) is -5.71. The molecule has 0 amide bonds. The van der Waals surface area contributed by atoms with E-state index in [4.69, 9.17) is 5.11 Å². The first kappa shape index (κ1) is 15.0. The number of halogens is 4. The average molecular weight is 325 g/mol. The molecule has 1 N–H and O–H groups in total. The third kappa shape index (κ3) is 5.08. The van der Waals surface area contributed by atoms with Crippen LogP contribution in [0.4, 0.5) is 13.2 Å². The van der Waals surface area contributed by atoms with E-state index in [0.29, 0.717) is 10.0 Å². The second-order valence-corrected chi connectivity index (χ2v) is 4.84. The van der Waals surface area contributed by atoms with Crippen LogP contribution in [0.25, 0.3) is 0 Å². The Kier molecular flexibility index (Phi) is 5.19. The van der Waals surface area contributed by atoms with Gasteiger partial charge >= 0.3 is 12.1 Å². The van der Waals surface area contributed by atoms with Crippen LogP contribution in [0.3, 0.4) is 0 Å². The normalized spacial score (nSPS) is 13.3. The summed E-state index contributed by atoms with van der Waals surface area (Å²) in [6, 6.07) is 6.92. The number of rotatable bonds is 5. The van der Waals surface area contributed by atoms with Crippen molar-refractivity contribution in [3.8, 4) is 0 Å². The molecule has 1 aromatic rings. The first-order chi connectivity index (χ1) is 8.29. The van der Waals surface area contributed by atoms with E-state index in [1.54, 1.807) is 24.3 Å². The van der Waals surface area contributed by atoms with Crippen molar-refractivity contribution < 1.29 is 23.1 Å². The maximum absolute atomic E-state index is 12.1. The van der Waals surface area contributed by atoms with Gasteiger partial charge in [-0.3, -0.25) is 4.79 Å². The summed E-state index contributed by atoms with van der Waals surface area (Å²) in [5.74, 6) is -2.22. The first-order valence-electron chi connectivity index (χ1n) is 5.32.